The summed E-state index contributed by atoms with van der Waals surface area (Å²) in [6, 6.07) is 10.8. The summed E-state index contributed by atoms with van der Waals surface area (Å²) >= 11 is 0. The van der Waals surface area contributed by atoms with Gasteiger partial charge in [-0.1, -0.05) is 19.1 Å². The maximum Gasteiger partial charge on any atom is 0.137 e. The maximum absolute atomic E-state index is 4.76. The van der Waals surface area contributed by atoms with E-state index in [1.54, 1.807) is 0 Å². The second kappa shape index (κ2) is 5.70. The summed E-state index contributed by atoms with van der Waals surface area (Å²) in [6.07, 6.45) is 4.18. The second-order valence-electron chi connectivity index (χ2n) is 5.51. The standard InChI is InChI=1S/C18H21N3/c1-4-19-11-15-7-8-21-12-17(20-18(21)10-15)16-6-5-13(2)14(3)9-16/h5-10,12,19H,4,11H2,1-3H3. The highest BCUT2D eigenvalue weighted by molar-refractivity contribution is 5.64. The van der Waals surface area contributed by atoms with Crippen LogP contribution < -0.4 is 5.32 Å². The lowest BCUT2D eigenvalue weighted by Gasteiger charge is -2.02. The van der Waals surface area contributed by atoms with Crippen LogP contribution in [0.4, 0.5) is 0 Å². The second-order valence-corrected chi connectivity index (χ2v) is 5.51. The third-order valence-electron chi connectivity index (χ3n) is 3.91. The Morgan fingerprint density at radius 1 is 1.10 bits per heavy atom. The fourth-order valence-corrected chi connectivity index (χ4v) is 2.44. The van der Waals surface area contributed by atoms with Crippen molar-refractivity contribution in [3.63, 3.8) is 0 Å². The molecular formula is C18H21N3. The van der Waals surface area contributed by atoms with Crippen LogP contribution in [-0.4, -0.2) is 15.9 Å². The van der Waals surface area contributed by atoms with E-state index in [2.05, 4.69) is 73.2 Å². The van der Waals surface area contributed by atoms with Crippen LogP contribution >= 0.6 is 0 Å². The zero-order valence-corrected chi connectivity index (χ0v) is 12.9. The lowest BCUT2D eigenvalue weighted by molar-refractivity contribution is 0.726. The summed E-state index contributed by atoms with van der Waals surface area (Å²) in [7, 11) is 0. The molecule has 2 aromatic heterocycles. The van der Waals surface area contributed by atoms with E-state index in [-0.39, 0.29) is 0 Å². The summed E-state index contributed by atoms with van der Waals surface area (Å²) in [5.74, 6) is 0. The van der Waals surface area contributed by atoms with Gasteiger partial charge in [-0.05, 0) is 55.3 Å². The van der Waals surface area contributed by atoms with E-state index in [4.69, 9.17) is 4.98 Å². The van der Waals surface area contributed by atoms with Crippen molar-refractivity contribution in [2.24, 2.45) is 0 Å². The van der Waals surface area contributed by atoms with Gasteiger partial charge in [0.15, 0.2) is 0 Å². The van der Waals surface area contributed by atoms with Crippen LogP contribution in [0.25, 0.3) is 16.9 Å². The molecule has 21 heavy (non-hydrogen) atoms. The topological polar surface area (TPSA) is 29.3 Å². The highest BCUT2D eigenvalue weighted by atomic mass is 15.0. The molecule has 3 heteroatoms. The lowest BCUT2D eigenvalue weighted by atomic mass is 10.1. The van der Waals surface area contributed by atoms with E-state index in [1.807, 2.05) is 0 Å². The molecule has 108 valence electrons. The normalized spacial score (nSPS) is 11.2. The summed E-state index contributed by atoms with van der Waals surface area (Å²) < 4.78 is 2.08. The quantitative estimate of drug-likeness (QED) is 0.788. The van der Waals surface area contributed by atoms with E-state index >= 15 is 0 Å². The number of nitrogens with zero attached hydrogens (tertiary/aromatic N) is 2. The molecule has 0 saturated carbocycles. The van der Waals surface area contributed by atoms with Crippen molar-refractivity contribution in [2.45, 2.75) is 27.3 Å². The summed E-state index contributed by atoms with van der Waals surface area (Å²) in [4.78, 5) is 4.76. The average molecular weight is 279 g/mol. The Bertz CT molecular complexity index is 771. The summed E-state index contributed by atoms with van der Waals surface area (Å²) in [5.41, 5.74) is 7.08. The minimum absolute atomic E-state index is 0.888. The molecule has 3 nitrogen and oxygen atoms in total. The van der Waals surface area contributed by atoms with Gasteiger partial charge in [0.2, 0.25) is 0 Å². The molecule has 1 aromatic carbocycles. The van der Waals surface area contributed by atoms with Crippen molar-refractivity contribution in [2.75, 3.05) is 6.54 Å². The largest absolute Gasteiger partial charge is 0.313 e. The Kier molecular flexibility index (Phi) is 3.76. The molecule has 0 bridgehead atoms. The Morgan fingerprint density at radius 3 is 2.71 bits per heavy atom. The number of aromatic nitrogens is 2. The Labute approximate surface area is 125 Å². The van der Waals surface area contributed by atoms with Crippen molar-refractivity contribution >= 4 is 5.65 Å². The van der Waals surface area contributed by atoms with E-state index in [9.17, 15) is 0 Å². The van der Waals surface area contributed by atoms with Gasteiger partial charge in [0, 0.05) is 24.5 Å². The molecule has 0 atom stereocenters. The van der Waals surface area contributed by atoms with E-state index in [0.717, 1.165) is 24.4 Å². The summed E-state index contributed by atoms with van der Waals surface area (Å²) in [5, 5.41) is 3.34. The number of aryl methyl sites for hydroxylation is 2. The molecule has 3 rings (SSSR count). The molecule has 0 aliphatic carbocycles. The Balaban J connectivity index is 1.98. The van der Waals surface area contributed by atoms with Gasteiger partial charge in [-0.25, -0.2) is 4.98 Å². The van der Waals surface area contributed by atoms with Gasteiger partial charge in [0.05, 0.1) is 5.69 Å². The van der Waals surface area contributed by atoms with Crippen LogP contribution in [0.1, 0.15) is 23.6 Å². The van der Waals surface area contributed by atoms with Crippen molar-refractivity contribution in [3.8, 4) is 11.3 Å². The number of hydrogen-bond donors (Lipinski definition) is 1. The molecule has 0 spiro atoms. The van der Waals surface area contributed by atoms with Gasteiger partial charge >= 0.3 is 0 Å². The van der Waals surface area contributed by atoms with Crippen LogP contribution in [-0.2, 0) is 6.54 Å². The van der Waals surface area contributed by atoms with Crippen molar-refractivity contribution in [1.29, 1.82) is 0 Å². The highest BCUT2D eigenvalue weighted by Gasteiger charge is 2.06. The SMILES string of the molecule is CCNCc1ccn2cc(-c3ccc(C)c(C)c3)nc2c1. The number of fused-ring (bicyclic) bond motifs is 1. The van der Waals surface area contributed by atoms with Gasteiger partial charge in [0.1, 0.15) is 5.65 Å². The molecular weight excluding hydrogens is 258 g/mol. The number of hydrogen-bond acceptors (Lipinski definition) is 2. The highest BCUT2D eigenvalue weighted by Crippen LogP contribution is 2.22. The first-order valence-corrected chi connectivity index (χ1v) is 7.43. The number of pyridine rings is 1. The van der Waals surface area contributed by atoms with Gasteiger partial charge in [-0.3, -0.25) is 0 Å². The molecule has 1 N–H and O–H groups in total. The van der Waals surface area contributed by atoms with Crippen LogP contribution in [0.5, 0.6) is 0 Å². The molecule has 2 heterocycles. The van der Waals surface area contributed by atoms with E-state index < -0.39 is 0 Å². The fourth-order valence-electron chi connectivity index (χ4n) is 2.44. The Morgan fingerprint density at radius 2 is 1.95 bits per heavy atom. The van der Waals surface area contributed by atoms with E-state index in [1.165, 1.54) is 22.3 Å². The number of nitrogens with one attached hydrogen (secondary N) is 1. The molecule has 0 unspecified atom stereocenters. The molecule has 0 radical (unpaired) electrons. The zero-order chi connectivity index (χ0) is 14.8. The third-order valence-corrected chi connectivity index (χ3v) is 3.91. The monoisotopic (exact) mass is 279 g/mol. The average Bonchev–Trinajstić information content (AvgIpc) is 2.91. The molecule has 3 aromatic rings. The smallest absolute Gasteiger partial charge is 0.137 e. The maximum atomic E-state index is 4.76. The first-order chi connectivity index (χ1) is 10.2. The number of imidazole rings is 1. The predicted octanol–water partition coefficient (Wildman–Crippen LogP) is 3.73. The van der Waals surface area contributed by atoms with Crippen LogP contribution in [0.2, 0.25) is 0 Å². The van der Waals surface area contributed by atoms with Gasteiger partial charge in [0.25, 0.3) is 0 Å². The van der Waals surface area contributed by atoms with Crippen LogP contribution in [0.3, 0.4) is 0 Å². The molecule has 0 aliphatic heterocycles. The van der Waals surface area contributed by atoms with Gasteiger partial charge < -0.3 is 9.72 Å². The van der Waals surface area contributed by atoms with E-state index in [0.29, 0.717) is 0 Å². The molecule has 0 aliphatic rings. The first kappa shape index (κ1) is 13.8. The van der Waals surface area contributed by atoms with Crippen LogP contribution in [0, 0.1) is 13.8 Å². The third kappa shape index (κ3) is 2.83. The molecule has 0 saturated heterocycles. The number of benzene rings is 1. The minimum atomic E-state index is 0.888. The van der Waals surface area contributed by atoms with Crippen LogP contribution in [0.15, 0.2) is 42.7 Å². The van der Waals surface area contributed by atoms with Crippen molar-refractivity contribution < 1.29 is 0 Å². The van der Waals surface area contributed by atoms with Gasteiger partial charge in [-0.2, -0.15) is 0 Å². The minimum Gasteiger partial charge on any atom is -0.313 e. The predicted molar refractivity (Wildman–Crippen MR) is 87.5 cm³/mol. The fraction of sp³-hybridized carbons (Fsp3) is 0.278. The molecule has 0 amide bonds. The van der Waals surface area contributed by atoms with Crippen molar-refractivity contribution in [3.05, 3.63) is 59.4 Å². The van der Waals surface area contributed by atoms with Gasteiger partial charge in [-0.15, -0.1) is 0 Å². The number of rotatable bonds is 4. The zero-order valence-electron chi connectivity index (χ0n) is 12.9. The summed E-state index contributed by atoms with van der Waals surface area (Å²) in [6.45, 7) is 8.26. The Hall–Kier alpha value is -2.13. The molecule has 0 fully saturated rings. The lowest BCUT2D eigenvalue weighted by Crippen LogP contribution is -2.11. The van der Waals surface area contributed by atoms with Crippen molar-refractivity contribution in [1.82, 2.24) is 14.7 Å². The first-order valence-electron chi connectivity index (χ1n) is 7.43.